The number of pyridine rings is 1. The fourth-order valence-corrected chi connectivity index (χ4v) is 2.64. The summed E-state index contributed by atoms with van der Waals surface area (Å²) in [7, 11) is 1.50. The lowest BCUT2D eigenvalue weighted by Gasteiger charge is -2.12. The molecule has 1 heterocycles. The number of nitrogens with zero attached hydrogens (tertiary/aromatic N) is 1. The van der Waals surface area contributed by atoms with Crippen LogP contribution in [0.3, 0.4) is 0 Å². The molecule has 0 unspecified atom stereocenters. The maximum Gasteiger partial charge on any atom is 0.269 e. The van der Waals surface area contributed by atoms with E-state index in [0.717, 1.165) is 24.8 Å². The molecule has 0 saturated heterocycles. The second kappa shape index (κ2) is 9.92. The van der Waals surface area contributed by atoms with Gasteiger partial charge in [-0.2, -0.15) is 0 Å². The number of anilines is 1. The molecule has 0 atom stereocenters. The van der Waals surface area contributed by atoms with Crippen molar-refractivity contribution in [3.8, 4) is 5.75 Å². The molecule has 2 rings (SSSR count). The van der Waals surface area contributed by atoms with Crippen molar-refractivity contribution in [2.45, 2.75) is 33.1 Å². The number of amides is 2. The van der Waals surface area contributed by atoms with E-state index in [0.29, 0.717) is 28.6 Å². The number of methoxy groups -OCH3 is 1. The Balaban J connectivity index is 2.11. The van der Waals surface area contributed by atoms with Crippen molar-refractivity contribution >= 4 is 29.1 Å². The van der Waals surface area contributed by atoms with Crippen molar-refractivity contribution in [1.29, 1.82) is 0 Å². The summed E-state index contributed by atoms with van der Waals surface area (Å²) in [5.41, 5.74) is 1.86. The third kappa shape index (κ3) is 5.69. The van der Waals surface area contributed by atoms with E-state index in [-0.39, 0.29) is 17.5 Å². The van der Waals surface area contributed by atoms with Gasteiger partial charge in [-0.3, -0.25) is 14.6 Å². The summed E-state index contributed by atoms with van der Waals surface area (Å²) >= 11 is 6.09. The van der Waals surface area contributed by atoms with Crippen LogP contribution in [0.5, 0.6) is 5.75 Å². The molecule has 0 aliphatic carbocycles. The zero-order chi connectivity index (χ0) is 19.8. The summed E-state index contributed by atoms with van der Waals surface area (Å²) in [5.74, 6) is -0.194. The van der Waals surface area contributed by atoms with Crippen LogP contribution in [0.1, 0.15) is 52.6 Å². The van der Waals surface area contributed by atoms with Gasteiger partial charge in [-0.1, -0.05) is 31.4 Å². The van der Waals surface area contributed by atoms with E-state index < -0.39 is 0 Å². The first-order valence-corrected chi connectivity index (χ1v) is 9.23. The maximum atomic E-state index is 12.6. The predicted molar refractivity (Wildman–Crippen MR) is 107 cm³/mol. The lowest BCUT2D eigenvalue weighted by atomic mass is 10.1. The van der Waals surface area contributed by atoms with E-state index in [4.69, 9.17) is 16.3 Å². The zero-order valence-electron chi connectivity index (χ0n) is 15.8. The summed E-state index contributed by atoms with van der Waals surface area (Å²) < 4.78 is 5.27. The molecule has 0 aliphatic rings. The van der Waals surface area contributed by atoms with Crippen molar-refractivity contribution < 1.29 is 14.3 Å². The van der Waals surface area contributed by atoms with E-state index >= 15 is 0 Å². The Hall–Kier alpha value is -2.60. The number of hydrogen-bond donors (Lipinski definition) is 2. The van der Waals surface area contributed by atoms with Crippen molar-refractivity contribution in [3.05, 3.63) is 52.3 Å². The summed E-state index contributed by atoms with van der Waals surface area (Å²) in [6.45, 7) is 4.53. The molecule has 7 heteroatoms. The van der Waals surface area contributed by atoms with Crippen LogP contribution in [0.25, 0.3) is 0 Å². The summed E-state index contributed by atoms with van der Waals surface area (Å²) in [4.78, 5) is 28.8. The highest BCUT2D eigenvalue weighted by Gasteiger charge is 2.14. The number of halogens is 1. The summed E-state index contributed by atoms with van der Waals surface area (Å²) in [6, 6.07) is 6.41. The zero-order valence-corrected chi connectivity index (χ0v) is 16.5. The minimum absolute atomic E-state index is 0.207. The van der Waals surface area contributed by atoms with Gasteiger partial charge in [-0.05, 0) is 37.1 Å². The molecule has 0 aliphatic heterocycles. The highest BCUT2D eigenvalue weighted by molar-refractivity contribution is 6.31. The fourth-order valence-electron chi connectivity index (χ4n) is 2.49. The Morgan fingerprint density at radius 3 is 2.67 bits per heavy atom. The van der Waals surface area contributed by atoms with E-state index in [2.05, 4.69) is 22.5 Å². The third-order valence-electron chi connectivity index (χ3n) is 4.05. The van der Waals surface area contributed by atoms with E-state index in [9.17, 15) is 9.59 Å². The number of carbonyl (C=O) groups excluding carboxylic acids is 2. The van der Waals surface area contributed by atoms with E-state index in [1.54, 1.807) is 18.2 Å². The average molecular weight is 390 g/mol. The number of rotatable bonds is 8. The summed E-state index contributed by atoms with van der Waals surface area (Å²) in [5, 5.41) is 6.16. The molecular weight excluding hydrogens is 366 g/mol. The van der Waals surface area contributed by atoms with Gasteiger partial charge in [0.1, 0.15) is 11.4 Å². The largest absolute Gasteiger partial charge is 0.495 e. The molecule has 6 nitrogen and oxygen atoms in total. The standard InChI is InChI=1S/C20H24ClN3O3/c1-4-5-6-8-23-20(26)17-11-14(7-9-22-17)19(25)24-16-10-13(2)15(21)12-18(16)27-3/h7,9-12H,4-6,8H2,1-3H3,(H,23,26)(H,24,25). The van der Waals surface area contributed by atoms with E-state index in [1.165, 1.54) is 19.4 Å². The number of nitrogens with one attached hydrogen (secondary N) is 2. The predicted octanol–water partition coefficient (Wildman–Crippen LogP) is 4.22. The van der Waals surface area contributed by atoms with Crippen LogP contribution < -0.4 is 15.4 Å². The first-order valence-electron chi connectivity index (χ1n) is 8.86. The quantitative estimate of drug-likeness (QED) is 0.662. The Kier molecular flexibility index (Phi) is 7.61. The van der Waals surface area contributed by atoms with Crippen LogP contribution in [0, 0.1) is 6.92 Å². The number of aromatic nitrogens is 1. The Morgan fingerprint density at radius 2 is 1.96 bits per heavy atom. The Labute approximate surface area is 164 Å². The second-order valence-electron chi connectivity index (χ2n) is 6.15. The lowest BCUT2D eigenvalue weighted by Crippen LogP contribution is -2.26. The van der Waals surface area contributed by atoms with Gasteiger partial charge in [0.2, 0.25) is 0 Å². The molecule has 144 valence electrons. The molecule has 1 aromatic carbocycles. The van der Waals surface area contributed by atoms with Gasteiger partial charge in [0.15, 0.2) is 0 Å². The smallest absolute Gasteiger partial charge is 0.269 e. The van der Waals surface area contributed by atoms with Crippen molar-refractivity contribution in [2.75, 3.05) is 19.0 Å². The number of hydrogen-bond acceptors (Lipinski definition) is 4. The lowest BCUT2D eigenvalue weighted by molar-refractivity contribution is 0.0948. The van der Waals surface area contributed by atoms with Gasteiger partial charge in [-0.25, -0.2) is 0 Å². The van der Waals surface area contributed by atoms with Crippen LogP contribution in [-0.4, -0.2) is 30.5 Å². The molecule has 0 radical (unpaired) electrons. The van der Waals surface area contributed by atoms with Gasteiger partial charge < -0.3 is 15.4 Å². The Bertz CT molecular complexity index is 824. The molecule has 2 amide bonds. The van der Waals surface area contributed by atoms with Crippen LogP contribution in [0.4, 0.5) is 5.69 Å². The number of benzene rings is 1. The topological polar surface area (TPSA) is 80.3 Å². The molecule has 0 fully saturated rings. The molecule has 2 aromatic rings. The van der Waals surface area contributed by atoms with Crippen LogP contribution >= 0.6 is 11.6 Å². The molecular formula is C20H24ClN3O3. The molecule has 0 saturated carbocycles. The number of aryl methyl sites for hydroxylation is 1. The van der Waals surface area contributed by atoms with E-state index in [1.807, 2.05) is 6.92 Å². The van der Waals surface area contributed by atoms with Crippen LogP contribution in [0.15, 0.2) is 30.5 Å². The van der Waals surface area contributed by atoms with Gasteiger partial charge in [0, 0.05) is 29.4 Å². The minimum atomic E-state index is -0.363. The maximum absolute atomic E-state index is 12.6. The fraction of sp³-hybridized carbons (Fsp3) is 0.350. The van der Waals surface area contributed by atoms with Gasteiger partial charge in [-0.15, -0.1) is 0 Å². The molecule has 2 N–H and O–H groups in total. The molecule has 0 spiro atoms. The first kappa shape index (κ1) is 20.7. The van der Waals surface area contributed by atoms with Crippen LogP contribution in [0.2, 0.25) is 5.02 Å². The molecule has 27 heavy (non-hydrogen) atoms. The number of ether oxygens (including phenoxy) is 1. The SMILES string of the molecule is CCCCCNC(=O)c1cc(C(=O)Nc2cc(C)c(Cl)cc2OC)ccn1. The first-order chi connectivity index (χ1) is 13.0. The molecule has 0 bridgehead atoms. The highest BCUT2D eigenvalue weighted by atomic mass is 35.5. The van der Waals surface area contributed by atoms with Crippen LogP contribution in [-0.2, 0) is 0 Å². The van der Waals surface area contributed by atoms with Crippen molar-refractivity contribution in [3.63, 3.8) is 0 Å². The van der Waals surface area contributed by atoms with Crippen molar-refractivity contribution in [1.82, 2.24) is 10.3 Å². The van der Waals surface area contributed by atoms with Crippen molar-refractivity contribution in [2.24, 2.45) is 0 Å². The highest BCUT2D eigenvalue weighted by Crippen LogP contribution is 2.31. The number of carbonyl (C=O) groups is 2. The normalized spacial score (nSPS) is 10.4. The average Bonchev–Trinajstić information content (AvgIpc) is 2.67. The third-order valence-corrected chi connectivity index (χ3v) is 4.46. The minimum Gasteiger partial charge on any atom is -0.495 e. The summed E-state index contributed by atoms with van der Waals surface area (Å²) in [6.07, 6.45) is 4.49. The monoisotopic (exact) mass is 389 g/mol. The van der Waals surface area contributed by atoms with Gasteiger partial charge >= 0.3 is 0 Å². The Morgan fingerprint density at radius 1 is 1.19 bits per heavy atom. The number of unbranched alkanes of at least 4 members (excludes halogenated alkanes) is 2. The van der Waals surface area contributed by atoms with Gasteiger partial charge in [0.05, 0.1) is 12.8 Å². The second-order valence-corrected chi connectivity index (χ2v) is 6.56. The molecule has 1 aromatic heterocycles. The van der Waals surface area contributed by atoms with Gasteiger partial charge in [0.25, 0.3) is 11.8 Å².